The molecule has 0 spiro atoms. The third-order valence-corrected chi connectivity index (χ3v) is 7.34. The molecule has 0 radical (unpaired) electrons. The molecule has 0 unspecified atom stereocenters. The van der Waals surface area contributed by atoms with Crippen LogP contribution in [-0.2, 0) is 5.41 Å². The van der Waals surface area contributed by atoms with Gasteiger partial charge in [0.25, 0.3) is 5.56 Å². The molecule has 0 bridgehead atoms. The minimum atomic E-state index is -0.152. The van der Waals surface area contributed by atoms with Crippen LogP contribution in [0.3, 0.4) is 0 Å². The fraction of sp³-hybridized carbons (Fsp3) is 0.250. The number of nitrogens with two attached hydrogens (primary N) is 1. The number of fused-ring (bicyclic) bond motifs is 1. The second-order valence-corrected chi connectivity index (χ2v) is 9.31. The second kappa shape index (κ2) is 9.05. The summed E-state index contributed by atoms with van der Waals surface area (Å²) in [4.78, 5) is 14.7. The smallest absolute Gasteiger partial charge is 0.255 e. The van der Waals surface area contributed by atoms with Gasteiger partial charge in [0.15, 0.2) is 0 Å². The zero-order valence-electron chi connectivity index (χ0n) is 18.3. The highest BCUT2D eigenvalue weighted by Crippen LogP contribution is 2.48. The molecular formula is C28H27ClN2O2. The third kappa shape index (κ3) is 4.17. The summed E-state index contributed by atoms with van der Waals surface area (Å²) in [5.41, 5.74) is 9.08. The highest BCUT2D eigenvalue weighted by molar-refractivity contribution is 6.32. The van der Waals surface area contributed by atoms with Crippen LogP contribution in [0.15, 0.2) is 89.9 Å². The predicted octanol–water partition coefficient (Wildman–Crippen LogP) is 6.14. The molecule has 168 valence electrons. The molecule has 1 aliphatic carbocycles. The fourth-order valence-electron chi connectivity index (χ4n) is 5.21. The summed E-state index contributed by atoms with van der Waals surface area (Å²) in [5.74, 6) is 0.624. The lowest BCUT2D eigenvalue weighted by molar-refractivity contribution is 0.104. The second-order valence-electron chi connectivity index (χ2n) is 8.90. The summed E-state index contributed by atoms with van der Waals surface area (Å²) in [6, 6.07) is 26.3. The molecule has 33 heavy (non-hydrogen) atoms. The van der Waals surface area contributed by atoms with Crippen molar-refractivity contribution < 1.29 is 4.74 Å². The molecule has 1 fully saturated rings. The van der Waals surface area contributed by atoms with Gasteiger partial charge in [0.2, 0.25) is 0 Å². The normalized spacial score (nSPS) is 21.6. The van der Waals surface area contributed by atoms with Crippen LogP contribution < -0.4 is 16.0 Å². The van der Waals surface area contributed by atoms with E-state index in [9.17, 15) is 4.79 Å². The van der Waals surface area contributed by atoms with E-state index in [2.05, 4.69) is 53.5 Å². The van der Waals surface area contributed by atoms with E-state index in [0.717, 1.165) is 36.6 Å². The van der Waals surface area contributed by atoms with Gasteiger partial charge in [0.1, 0.15) is 5.75 Å². The number of hydrogen-bond acceptors (Lipinski definition) is 3. The van der Waals surface area contributed by atoms with Gasteiger partial charge < -0.3 is 15.5 Å². The first-order chi connectivity index (χ1) is 16.1. The van der Waals surface area contributed by atoms with Gasteiger partial charge >= 0.3 is 0 Å². The summed E-state index contributed by atoms with van der Waals surface area (Å²) in [7, 11) is 0. The predicted molar refractivity (Wildman–Crippen MR) is 134 cm³/mol. The van der Waals surface area contributed by atoms with Gasteiger partial charge in [-0.3, -0.25) is 4.79 Å². The van der Waals surface area contributed by atoms with Crippen molar-refractivity contribution in [2.24, 2.45) is 5.73 Å². The lowest BCUT2D eigenvalue weighted by Gasteiger charge is -2.45. The van der Waals surface area contributed by atoms with Gasteiger partial charge in [-0.1, -0.05) is 72.3 Å². The lowest BCUT2D eigenvalue weighted by atomic mass is 9.63. The minimum Gasteiger partial charge on any atom is -0.489 e. The van der Waals surface area contributed by atoms with Gasteiger partial charge in [-0.2, -0.15) is 0 Å². The van der Waals surface area contributed by atoms with Gasteiger partial charge in [-0.05, 0) is 60.4 Å². The molecule has 1 aliphatic rings. The number of benzene rings is 3. The quantitative estimate of drug-likeness (QED) is 0.377. The van der Waals surface area contributed by atoms with Crippen molar-refractivity contribution in [3.05, 3.63) is 112 Å². The van der Waals surface area contributed by atoms with Crippen LogP contribution in [0.4, 0.5) is 0 Å². The molecule has 1 heterocycles. The van der Waals surface area contributed by atoms with E-state index in [0.29, 0.717) is 16.2 Å². The average molecular weight is 459 g/mol. The molecule has 1 saturated carbocycles. The van der Waals surface area contributed by atoms with Crippen molar-refractivity contribution in [1.82, 2.24) is 4.98 Å². The molecule has 5 heteroatoms. The van der Waals surface area contributed by atoms with Gasteiger partial charge in [-0.25, -0.2) is 0 Å². The van der Waals surface area contributed by atoms with E-state index in [1.165, 1.54) is 5.56 Å². The molecule has 0 saturated heterocycles. The lowest BCUT2D eigenvalue weighted by Crippen LogP contribution is -2.43. The Hall–Kier alpha value is -3.08. The van der Waals surface area contributed by atoms with E-state index in [1.54, 1.807) is 12.3 Å². The summed E-state index contributed by atoms with van der Waals surface area (Å²) < 4.78 is 6.36. The van der Waals surface area contributed by atoms with E-state index >= 15 is 0 Å². The Labute approximate surface area is 198 Å². The van der Waals surface area contributed by atoms with Crippen LogP contribution in [0.25, 0.3) is 10.8 Å². The van der Waals surface area contributed by atoms with Crippen molar-refractivity contribution in [3.8, 4) is 5.75 Å². The first kappa shape index (κ1) is 21.7. The number of ether oxygens (including phenoxy) is 1. The maximum atomic E-state index is 12.1. The van der Waals surface area contributed by atoms with Crippen molar-refractivity contribution >= 4 is 22.4 Å². The summed E-state index contributed by atoms with van der Waals surface area (Å²) in [6.45, 7) is 0. The Balaban J connectivity index is 1.40. The summed E-state index contributed by atoms with van der Waals surface area (Å²) in [6.07, 6.45) is 5.27. The number of nitrogens with one attached hydrogen (secondary N) is 1. The molecule has 0 amide bonds. The topological polar surface area (TPSA) is 68.1 Å². The average Bonchev–Trinajstić information content (AvgIpc) is 2.86. The number of pyridine rings is 1. The van der Waals surface area contributed by atoms with Crippen molar-refractivity contribution in [1.29, 1.82) is 0 Å². The van der Waals surface area contributed by atoms with Crippen LogP contribution in [0.1, 0.15) is 42.9 Å². The summed E-state index contributed by atoms with van der Waals surface area (Å²) in [5, 5.41) is 1.84. The number of hydrogen-bond donors (Lipinski definition) is 2. The minimum absolute atomic E-state index is 0.0433. The highest BCUT2D eigenvalue weighted by atomic mass is 35.5. The molecule has 3 aromatic carbocycles. The largest absolute Gasteiger partial charge is 0.489 e. The number of H-pyrrole nitrogens is 1. The first-order valence-corrected chi connectivity index (χ1v) is 11.8. The van der Waals surface area contributed by atoms with Crippen LogP contribution in [0.5, 0.6) is 5.75 Å². The summed E-state index contributed by atoms with van der Waals surface area (Å²) >= 11 is 6.48. The highest BCUT2D eigenvalue weighted by Gasteiger charge is 2.43. The van der Waals surface area contributed by atoms with Gasteiger partial charge in [0.05, 0.1) is 11.1 Å². The monoisotopic (exact) mass is 458 g/mol. The molecular weight excluding hydrogens is 432 g/mol. The molecule has 0 aliphatic heterocycles. The molecule has 3 N–H and O–H groups in total. The van der Waals surface area contributed by atoms with Gasteiger partial charge in [-0.15, -0.1) is 0 Å². The van der Waals surface area contributed by atoms with Crippen LogP contribution in [0, 0.1) is 0 Å². The van der Waals surface area contributed by atoms with Crippen LogP contribution in [0.2, 0.25) is 5.02 Å². The number of aromatic nitrogens is 1. The molecule has 5 rings (SSSR count). The Kier molecular flexibility index (Phi) is 5.96. The van der Waals surface area contributed by atoms with Gasteiger partial charge in [0, 0.05) is 23.0 Å². The number of rotatable bonds is 5. The van der Waals surface area contributed by atoms with Crippen LogP contribution in [-0.4, -0.2) is 11.1 Å². The first-order valence-electron chi connectivity index (χ1n) is 11.4. The number of aromatic amines is 1. The van der Waals surface area contributed by atoms with Crippen molar-refractivity contribution in [3.63, 3.8) is 0 Å². The van der Waals surface area contributed by atoms with Crippen molar-refractivity contribution in [2.75, 3.05) is 0 Å². The standard InChI is InChI=1S/C28H27ClN2O2/c29-24-18-23-20(13-16-31-27(23)32)17-25(24)33-22-11-14-28(15-12-22,21-9-5-2-6-10-21)26(30)19-7-3-1-4-8-19/h1-10,13,16-18,22,26H,11-12,14-15,30H2,(H,31,32)/t22?,26-,28?/m0/s1. The van der Waals surface area contributed by atoms with E-state index in [-0.39, 0.29) is 23.1 Å². The third-order valence-electron chi connectivity index (χ3n) is 7.05. The SMILES string of the molecule is N[C@@H](c1ccccc1)C1(c2ccccc2)CCC(Oc2cc3cc[nH]c(=O)c3cc2Cl)CC1. The Morgan fingerprint density at radius 3 is 2.33 bits per heavy atom. The van der Waals surface area contributed by atoms with E-state index < -0.39 is 0 Å². The zero-order chi connectivity index (χ0) is 22.8. The molecule has 1 atom stereocenters. The molecule has 1 aromatic heterocycles. The molecule has 4 nitrogen and oxygen atoms in total. The number of halogens is 1. The van der Waals surface area contributed by atoms with E-state index in [4.69, 9.17) is 22.1 Å². The maximum Gasteiger partial charge on any atom is 0.255 e. The maximum absolute atomic E-state index is 12.1. The van der Waals surface area contributed by atoms with Crippen LogP contribution >= 0.6 is 11.6 Å². The Morgan fingerprint density at radius 1 is 0.970 bits per heavy atom. The Morgan fingerprint density at radius 2 is 1.64 bits per heavy atom. The Bertz CT molecular complexity index is 1300. The fourth-order valence-corrected chi connectivity index (χ4v) is 5.42. The zero-order valence-corrected chi connectivity index (χ0v) is 19.1. The molecule has 4 aromatic rings. The van der Waals surface area contributed by atoms with Crippen molar-refractivity contribution in [2.45, 2.75) is 43.2 Å². The van der Waals surface area contributed by atoms with E-state index in [1.807, 2.05) is 24.3 Å².